The molecule has 0 heterocycles. The number of ether oxygens (including phenoxy) is 1. The van der Waals surface area contributed by atoms with Gasteiger partial charge < -0.3 is 15.4 Å². The molecule has 126 valence electrons. The maximum absolute atomic E-state index is 12.2. The van der Waals surface area contributed by atoms with Crippen molar-refractivity contribution in [2.75, 3.05) is 12.4 Å². The molecule has 0 unspecified atom stereocenters. The van der Waals surface area contributed by atoms with Crippen LogP contribution in [0, 0.1) is 17.3 Å². The Hall–Kier alpha value is -1.62. The predicted molar refractivity (Wildman–Crippen MR) is 97.6 cm³/mol. The highest BCUT2D eigenvalue weighted by atomic mass is 32.1. The first kappa shape index (κ1) is 17.7. The first-order valence-corrected chi connectivity index (χ1v) is 8.53. The first-order chi connectivity index (χ1) is 10.9. The molecular weight excluding hydrogens is 308 g/mol. The summed E-state index contributed by atoms with van der Waals surface area (Å²) in [5.41, 5.74) is 0.986. The van der Waals surface area contributed by atoms with Crippen molar-refractivity contribution in [2.24, 2.45) is 17.3 Å². The van der Waals surface area contributed by atoms with E-state index in [0.717, 1.165) is 18.0 Å². The number of hydrogen-bond acceptors (Lipinski definition) is 3. The molecule has 1 aliphatic carbocycles. The summed E-state index contributed by atoms with van der Waals surface area (Å²) in [6.07, 6.45) is 2.83. The van der Waals surface area contributed by atoms with Gasteiger partial charge in [0.15, 0.2) is 5.11 Å². The molecule has 4 nitrogen and oxygen atoms in total. The van der Waals surface area contributed by atoms with Crippen LogP contribution in [0.5, 0.6) is 5.75 Å². The Balaban J connectivity index is 1.85. The van der Waals surface area contributed by atoms with Gasteiger partial charge in [-0.3, -0.25) is 4.79 Å². The molecule has 23 heavy (non-hydrogen) atoms. The Morgan fingerprint density at radius 1 is 1.35 bits per heavy atom. The van der Waals surface area contributed by atoms with Crippen LogP contribution in [-0.2, 0) is 4.79 Å². The number of hydrogen-bond donors (Lipinski definition) is 2. The number of carbonyl (C=O) groups is 1. The third-order valence-corrected chi connectivity index (χ3v) is 5.41. The van der Waals surface area contributed by atoms with Crippen LogP contribution in [0.15, 0.2) is 24.3 Å². The Kier molecular flexibility index (Phi) is 5.63. The van der Waals surface area contributed by atoms with Gasteiger partial charge in [-0.05, 0) is 48.0 Å². The van der Waals surface area contributed by atoms with Gasteiger partial charge in [-0.15, -0.1) is 0 Å². The lowest BCUT2D eigenvalue weighted by Crippen LogP contribution is -2.47. The number of nitrogens with one attached hydrogen (secondary N) is 2. The number of para-hydroxylation sites is 2. The van der Waals surface area contributed by atoms with Gasteiger partial charge in [0.2, 0.25) is 5.91 Å². The van der Waals surface area contributed by atoms with Crippen LogP contribution in [0.3, 0.4) is 0 Å². The molecule has 1 aromatic rings. The summed E-state index contributed by atoms with van der Waals surface area (Å²) in [4.78, 5) is 12.2. The molecule has 0 spiro atoms. The van der Waals surface area contributed by atoms with Crippen LogP contribution < -0.4 is 15.4 Å². The molecule has 0 aromatic heterocycles. The van der Waals surface area contributed by atoms with Gasteiger partial charge in [0.05, 0.1) is 12.8 Å². The maximum atomic E-state index is 12.2. The smallest absolute Gasteiger partial charge is 0.226 e. The van der Waals surface area contributed by atoms with Gasteiger partial charge in [-0.25, -0.2) is 0 Å². The summed E-state index contributed by atoms with van der Waals surface area (Å²) in [5, 5.41) is 6.10. The van der Waals surface area contributed by atoms with E-state index in [2.05, 4.69) is 31.4 Å². The largest absolute Gasteiger partial charge is 0.495 e. The van der Waals surface area contributed by atoms with E-state index in [-0.39, 0.29) is 11.3 Å². The second kappa shape index (κ2) is 7.30. The topological polar surface area (TPSA) is 50.4 Å². The number of carbonyl (C=O) groups excluding carboxylic acids is 1. The standard InChI is InChI=1S/C18H26N2O2S/c1-5-12-10-13(18(12,2)3)11-16(21)20-17(23)19-14-8-6-7-9-15(14)22-4/h6-9,12-13H,5,10-11H2,1-4H3,(H2,19,20,21,23)/t12-,13-/m1/s1. The Morgan fingerprint density at radius 2 is 2.04 bits per heavy atom. The summed E-state index contributed by atoms with van der Waals surface area (Å²) in [6.45, 7) is 6.73. The molecule has 2 N–H and O–H groups in total. The highest BCUT2D eigenvalue weighted by molar-refractivity contribution is 7.80. The van der Waals surface area contributed by atoms with Crippen LogP contribution in [0.2, 0.25) is 0 Å². The summed E-state index contributed by atoms with van der Waals surface area (Å²) in [7, 11) is 1.60. The minimum Gasteiger partial charge on any atom is -0.495 e. The lowest BCUT2D eigenvalue weighted by atomic mass is 9.53. The molecule has 0 radical (unpaired) electrons. The van der Waals surface area contributed by atoms with E-state index in [1.165, 1.54) is 6.42 Å². The van der Waals surface area contributed by atoms with Crippen LogP contribution >= 0.6 is 12.2 Å². The fourth-order valence-corrected chi connectivity index (χ4v) is 3.69. The van der Waals surface area contributed by atoms with Crippen molar-refractivity contribution in [1.82, 2.24) is 5.32 Å². The van der Waals surface area contributed by atoms with Gasteiger partial charge >= 0.3 is 0 Å². The average Bonchev–Trinajstić information content (AvgIpc) is 2.51. The van der Waals surface area contributed by atoms with E-state index in [1.54, 1.807) is 7.11 Å². The number of rotatable bonds is 5. The molecule has 1 aromatic carbocycles. The van der Waals surface area contributed by atoms with Crippen LogP contribution in [-0.4, -0.2) is 18.1 Å². The molecule has 1 fully saturated rings. The molecule has 0 aliphatic heterocycles. The lowest BCUT2D eigenvalue weighted by Gasteiger charge is -2.52. The monoisotopic (exact) mass is 334 g/mol. The zero-order chi connectivity index (χ0) is 17.0. The zero-order valence-corrected chi connectivity index (χ0v) is 15.1. The van der Waals surface area contributed by atoms with Crippen molar-refractivity contribution in [3.63, 3.8) is 0 Å². The second-order valence-electron chi connectivity index (χ2n) is 6.77. The molecule has 0 bridgehead atoms. The molecule has 1 amide bonds. The average molecular weight is 334 g/mol. The molecule has 5 heteroatoms. The number of benzene rings is 1. The summed E-state index contributed by atoms with van der Waals surface area (Å²) >= 11 is 5.23. The summed E-state index contributed by atoms with van der Waals surface area (Å²) < 4.78 is 5.26. The van der Waals surface area contributed by atoms with E-state index in [9.17, 15) is 4.79 Å². The van der Waals surface area contributed by atoms with Crippen molar-refractivity contribution in [3.8, 4) is 5.75 Å². The van der Waals surface area contributed by atoms with E-state index >= 15 is 0 Å². The Labute approximate surface area is 144 Å². The van der Waals surface area contributed by atoms with Crippen molar-refractivity contribution in [3.05, 3.63) is 24.3 Å². The normalized spacial score (nSPS) is 21.9. The van der Waals surface area contributed by atoms with E-state index in [1.807, 2.05) is 24.3 Å². The van der Waals surface area contributed by atoms with Crippen LogP contribution in [0.25, 0.3) is 0 Å². The van der Waals surface area contributed by atoms with E-state index in [4.69, 9.17) is 17.0 Å². The third-order valence-electron chi connectivity index (χ3n) is 5.21. The van der Waals surface area contributed by atoms with Gasteiger partial charge in [-0.2, -0.15) is 0 Å². The quantitative estimate of drug-likeness (QED) is 0.800. The Bertz CT molecular complexity index is 586. The number of anilines is 1. The molecular formula is C18H26N2O2S. The summed E-state index contributed by atoms with van der Waals surface area (Å²) in [6, 6.07) is 7.47. The van der Waals surface area contributed by atoms with Crippen LogP contribution in [0.1, 0.15) is 40.0 Å². The number of amides is 1. The third kappa shape index (κ3) is 4.02. The molecule has 1 aliphatic rings. The van der Waals surface area contributed by atoms with E-state index < -0.39 is 0 Å². The highest BCUT2D eigenvalue weighted by Crippen LogP contribution is 2.54. The molecule has 0 saturated heterocycles. The molecule has 1 saturated carbocycles. The van der Waals surface area contributed by atoms with Crippen LogP contribution in [0.4, 0.5) is 5.69 Å². The lowest BCUT2D eigenvalue weighted by molar-refractivity contribution is -0.125. The molecule has 2 atom stereocenters. The van der Waals surface area contributed by atoms with Gasteiger partial charge in [0, 0.05) is 6.42 Å². The van der Waals surface area contributed by atoms with Crippen molar-refractivity contribution in [2.45, 2.75) is 40.0 Å². The predicted octanol–water partition coefficient (Wildman–Crippen LogP) is 3.97. The maximum Gasteiger partial charge on any atom is 0.226 e. The van der Waals surface area contributed by atoms with Crippen molar-refractivity contribution in [1.29, 1.82) is 0 Å². The molecule has 2 rings (SSSR count). The fraction of sp³-hybridized carbons (Fsp3) is 0.556. The van der Waals surface area contributed by atoms with Gasteiger partial charge in [-0.1, -0.05) is 39.3 Å². The van der Waals surface area contributed by atoms with Crippen molar-refractivity contribution >= 4 is 28.9 Å². The zero-order valence-electron chi connectivity index (χ0n) is 14.3. The number of thiocarbonyl (C=S) groups is 1. The minimum absolute atomic E-state index is 0.0231. The number of methoxy groups -OCH3 is 1. The SMILES string of the molecule is CC[C@@H]1C[C@H](CC(=O)NC(=S)Nc2ccccc2OC)C1(C)C. The minimum atomic E-state index is -0.0231. The van der Waals surface area contributed by atoms with Gasteiger partial charge in [0.25, 0.3) is 0 Å². The second-order valence-corrected chi connectivity index (χ2v) is 7.17. The summed E-state index contributed by atoms with van der Waals surface area (Å²) in [5.74, 6) is 1.82. The fourth-order valence-electron chi connectivity index (χ4n) is 3.47. The van der Waals surface area contributed by atoms with Crippen molar-refractivity contribution < 1.29 is 9.53 Å². The van der Waals surface area contributed by atoms with Gasteiger partial charge in [0.1, 0.15) is 5.75 Å². The van der Waals surface area contributed by atoms with E-state index in [0.29, 0.717) is 23.2 Å². The first-order valence-electron chi connectivity index (χ1n) is 8.12. The Morgan fingerprint density at radius 3 is 2.65 bits per heavy atom. The highest BCUT2D eigenvalue weighted by Gasteiger charge is 2.47.